The van der Waals surface area contributed by atoms with E-state index < -0.39 is 0 Å². The number of rotatable bonds is 3. The minimum Gasteiger partial charge on any atom is -0.497 e. The maximum Gasteiger partial charge on any atom is 0.256 e. The van der Waals surface area contributed by atoms with Crippen molar-refractivity contribution in [1.29, 1.82) is 0 Å². The van der Waals surface area contributed by atoms with Crippen LogP contribution in [0, 0.1) is 6.92 Å². The number of pyridine rings is 1. The number of nitrogens with zero attached hydrogens (tertiary/aromatic N) is 5. The van der Waals surface area contributed by atoms with Gasteiger partial charge in [-0.2, -0.15) is 0 Å². The number of hydrogen-bond donors (Lipinski definition) is 0. The number of methoxy groups -OCH3 is 1. The van der Waals surface area contributed by atoms with Crippen molar-refractivity contribution in [3.05, 3.63) is 59.7 Å². The van der Waals surface area contributed by atoms with Gasteiger partial charge in [-0.1, -0.05) is 6.07 Å². The second-order valence-corrected chi connectivity index (χ2v) is 7.98. The summed E-state index contributed by atoms with van der Waals surface area (Å²) < 4.78 is 9.52. The molecule has 1 fully saturated rings. The summed E-state index contributed by atoms with van der Waals surface area (Å²) >= 11 is 0. The molecule has 154 valence electrons. The maximum atomic E-state index is 13.7. The summed E-state index contributed by atoms with van der Waals surface area (Å²) in [6.07, 6.45) is 3.94. The predicted octanol–water partition coefficient (Wildman–Crippen LogP) is 3.56. The fourth-order valence-corrected chi connectivity index (χ4v) is 4.62. The standard InChI is InChI=1S/C23H25N5O2/c1-15-21(18-13-17(30-3)9-10-19(18)26(15)2)23(29)27-11-6-7-16(14-27)22-25-24-20-8-4-5-12-28(20)22/h4-5,8-10,12-13,16H,6-7,11,14H2,1-3H3/t16-/m0/s1. The zero-order valence-electron chi connectivity index (χ0n) is 17.5. The van der Waals surface area contributed by atoms with Gasteiger partial charge in [0, 0.05) is 48.8 Å². The quantitative estimate of drug-likeness (QED) is 0.525. The molecule has 1 atom stereocenters. The first-order chi connectivity index (χ1) is 14.6. The van der Waals surface area contributed by atoms with Crippen LogP contribution in [0.1, 0.15) is 40.6 Å². The Balaban J connectivity index is 1.50. The summed E-state index contributed by atoms with van der Waals surface area (Å²) in [5.74, 6) is 1.93. The van der Waals surface area contributed by atoms with Gasteiger partial charge in [-0.3, -0.25) is 9.20 Å². The van der Waals surface area contributed by atoms with Crippen LogP contribution in [-0.2, 0) is 7.05 Å². The molecule has 0 unspecified atom stereocenters. The number of ether oxygens (including phenoxy) is 1. The Hall–Kier alpha value is -3.35. The van der Waals surface area contributed by atoms with Crippen molar-refractivity contribution in [2.75, 3.05) is 20.2 Å². The zero-order chi connectivity index (χ0) is 20.8. The van der Waals surface area contributed by atoms with Crippen molar-refractivity contribution < 1.29 is 9.53 Å². The smallest absolute Gasteiger partial charge is 0.256 e. The largest absolute Gasteiger partial charge is 0.497 e. The fraction of sp³-hybridized carbons (Fsp3) is 0.348. The molecule has 4 heterocycles. The number of likely N-dealkylation sites (tertiary alicyclic amines) is 1. The van der Waals surface area contributed by atoms with Gasteiger partial charge in [0.1, 0.15) is 11.6 Å². The van der Waals surface area contributed by atoms with Crippen LogP contribution in [0.2, 0.25) is 0 Å². The van der Waals surface area contributed by atoms with Gasteiger partial charge in [-0.05, 0) is 50.1 Å². The van der Waals surface area contributed by atoms with Crippen LogP contribution >= 0.6 is 0 Å². The van der Waals surface area contributed by atoms with Crippen molar-refractivity contribution in [3.8, 4) is 5.75 Å². The lowest BCUT2D eigenvalue weighted by Gasteiger charge is -2.32. The lowest BCUT2D eigenvalue weighted by molar-refractivity contribution is 0.0705. The number of hydrogen-bond acceptors (Lipinski definition) is 4. The number of aryl methyl sites for hydroxylation is 1. The molecule has 7 nitrogen and oxygen atoms in total. The summed E-state index contributed by atoms with van der Waals surface area (Å²) in [5.41, 5.74) is 3.61. The van der Waals surface area contributed by atoms with E-state index in [1.54, 1.807) is 7.11 Å². The molecular formula is C23H25N5O2. The number of carbonyl (C=O) groups is 1. The van der Waals surface area contributed by atoms with E-state index in [1.807, 2.05) is 65.9 Å². The third-order valence-electron chi connectivity index (χ3n) is 6.33. The molecule has 5 rings (SSSR count). The molecule has 0 saturated carbocycles. The summed E-state index contributed by atoms with van der Waals surface area (Å²) in [5, 5.41) is 9.67. The van der Waals surface area contributed by atoms with Crippen LogP contribution in [0.5, 0.6) is 5.75 Å². The molecule has 1 aliphatic heterocycles. The minimum absolute atomic E-state index is 0.0740. The Labute approximate surface area is 174 Å². The molecule has 1 aliphatic rings. The van der Waals surface area contributed by atoms with E-state index in [1.165, 1.54) is 0 Å². The van der Waals surface area contributed by atoms with Crippen LogP contribution in [0.3, 0.4) is 0 Å². The molecule has 1 saturated heterocycles. The van der Waals surface area contributed by atoms with Gasteiger partial charge in [-0.15, -0.1) is 10.2 Å². The highest BCUT2D eigenvalue weighted by Crippen LogP contribution is 2.32. The number of carbonyl (C=O) groups excluding carboxylic acids is 1. The third kappa shape index (κ3) is 2.84. The highest BCUT2D eigenvalue weighted by Gasteiger charge is 2.31. The van der Waals surface area contributed by atoms with Crippen LogP contribution < -0.4 is 4.74 Å². The Morgan fingerprint density at radius 1 is 1.20 bits per heavy atom. The predicted molar refractivity (Wildman–Crippen MR) is 115 cm³/mol. The number of aromatic nitrogens is 4. The average molecular weight is 403 g/mol. The monoisotopic (exact) mass is 403 g/mol. The SMILES string of the molecule is COc1ccc2c(c1)c(C(=O)N1CCC[C@H](c3nnc4ccccn34)C1)c(C)n2C. The van der Waals surface area contributed by atoms with Gasteiger partial charge in [0.15, 0.2) is 5.65 Å². The molecule has 7 heteroatoms. The number of benzene rings is 1. The Morgan fingerprint density at radius 3 is 2.90 bits per heavy atom. The van der Waals surface area contributed by atoms with E-state index in [4.69, 9.17) is 4.74 Å². The van der Waals surface area contributed by atoms with Crippen molar-refractivity contribution >= 4 is 22.5 Å². The zero-order valence-corrected chi connectivity index (χ0v) is 17.5. The first-order valence-corrected chi connectivity index (χ1v) is 10.3. The lowest BCUT2D eigenvalue weighted by Crippen LogP contribution is -2.39. The summed E-state index contributed by atoms with van der Waals surface area (Å²) in [6.45, 7) is 3.41. The fourth-order valence-electron chi connectivity index (χ4n) is 4.62. The van der Waals surface area contributed by atoms with Crippen LogP contribution in [0.25, 0.3) is 16.6 Å². The van der Waals surface area contributed by atoms with Gasteiger partial charge in [0.25, 0.3) is 5.91 Å². The van der Waals surface area contributed by atoms with Gasteiger partial charge in [0.05, 0.1) is 12.7 Å². The molecule has 0 radical (unpaired) electrons. The van der Waals surface area contributed by atoms with Crippen LogP contribution in [0.4, 0.5) is 0 Å². The van der Waals surface area contributed by atoms with Crippen LogP contribution in [-0.4, -0.2) is 50.2 Å². The molecule has 0 aliphatic carbocycles. The Kier molecular flexibility index (Phi) is 4.46. The van der Waals surface area contributed by atoms with Crippen LogP contribution in [0.15, 0.2) is 42.6 Å². The number of piperidine rings is 1. The van der Waals surface area contributed by atoms with Crippen molar-refractivity contribution in [2.45, 2.75) is 25.7 Å². The summed E-state index contributed by atoms with van der Waals surface area (Å²) in [4.78, 5) is 15.6. The van der Waals surface area contributed by atoms with E-state index in [-0.39, 0.29) is 11.8 Å². The molecule has 3 aromatic heterocycles. The van der Waals surface area contributed by atoms with E-state index in [2.05, 4.69) is 14.8 Å². The van der Waals surface area contributed by atoms with Crippen molar-refractivity contribution in [3.63, 3.8) is 0 Å². The molecule has 30 heavy (non-hydrogen) atoms. The molecule has 1 aromatic carbocycles. The van der Waals surface area contributed by atoms with E-state index in [0.29, 0.717) is 6.54 Å². The first-order valence-electron chi connectivity index (χ1n) is 10.3. The first kappa shape index (κ1) is 18.7. The Morgan fingerprint density at radius 2 is 2.07 bits per heavy atom. The van der Waals surface area contributed by atoms with Gasteiger partial charge >= 0.3 is 0 Å². The third-order valence-corrected chi connectivity index (χ3v) is 6.33. The highest BCUT2D eigenvalue weighted by atomic mass is 16.5. The Bertz CT molecular complexity index is 1260. The van der Waals surface area contributed by atoms with E-state index in [0.717, 1.165) is 58.8 Å². The average Bonchev–Trinajstić information content (AvgIpc) is 3.32. The van der Waals surface area contributed by atoms with Gasteiger partial charge in [-0.25, -0.2) is 0 Å². The molecule has 0 N–H and O–H groups in total. The van der Waals surface area contributed by atoms with Gasteiger partial charge < -0.3 is 14.2 Å². The number of amides is 1. The maximum absolute atomic E-state index is 13.7. The topological polar surface area (TPSA) is 64.7 Å². The summed E-state index contributed by atoms with van der Waals surface area (Å²) in [6, 6.07) is 11.8. The van der Waals surface area contributed by atoms with Crippen molar-refractivity contribution in [2.24, 2.45) is 7.05 Å². The second-order valence-electron chi connectivity index (χ2n) is 7.98. The molecule has 0 bridgehead atoms. The summed E-state index contributed by atoms with van der Waals surface area (Å²) in [7, 11) is 3.65. The molecule has 0 spiro atoms. The highest BCUT2D eigenvalue weighted by molar-refractivity contribution is 6.08. The van der Waals surface area contributed by atoms with Crippen molar-refractivity contribution in [1.82, 2.24) is 24.1 Å². The second kappa shape index (κ2) is 7.16. The molecule has 1 amide bonds. The van der Waals surface area contributed by atoms with E-state index in [9.17, 15) is 4.79 Å². The molecular weight excluding hydrogens is 378 g/mol. The molecule has 4 aromatic rings. The number of fused-ring (bicyclic) bond motifs is 2. The minimum atomic E-state index is 0.0740. The normalized spacial score (nSPS) is 17.0. The van der Waals surface area contributed by atoms with E-state index >= 15 is 0 Å². The van der Waals surface area contributed by atoms with Gasteiger partial charge in [0.2, 0.25) is 0 Å². The lowest BCUT2D eigenvalue weighted by atomic mass is 9.96.